The third-order valence-corrected chi connectivity index (χ3v) is 7.66. The highest BCUT2D eigenvalue weighted by Gasteiger charge is 2.45. The summed E-state index contributed by atoms with van der Waals surface area (Å²) in [5, 5.41) is 21.0. The number of imidazole rings is 1. The van der Waals surface area contributed by atoms with Gasteiger partial charge in [-0.15, -0.1) is 0 Å². The Kier molecular flexibility index (Phi) is 6.47. The Morgan fingerprint density at radius 3 is 2.58 bits per heavy atom. The van der Waals surface area contributed by atoms with E-state index in [1.807, 2.05) is 0 Å². The zero-order valence-corrected chi connectivity index (χ0v) is 22.1. The smallest absolute Gasteiger partial charge is 0.405 e. The van der Waals surface area contributed by atoms with Gasteiger partial charge < -0.3 is 20.3 Å². The number of nitrogens with zero attached hydrogens (tertiary/aromatic N) is 3. The number of amides is 2. The molecule has 0 saturated carbocycles. The number of carboxylic acid groups (broad SMARTS) is 1. The van der Waals surface area contributed by atoms with Crippen molar-refractivity contribution in [3.63, 3.8) is 0 Å². The Balaban J connectivity index is 1.46. The summed E-state index contributed by atoms with van der Waals surface area (Å²) in [5.41, 5.74) is 1.81. The van der Waals surface area contributed by atoms with Gasteiger partial charge in [0, 0.05) is 27.7 Å². The van der Waals surface area contributed by atoms with Crippen LogP contribution in [0.5, 0.6) is 0 Å². The summed E-state index contributed by atoms with van der Waals surface area (Å²) in [6.07, 6.45) is 0.526. The minimum absolute atomic E-state index is 0.0540. The molecule has 0 spiro atoms. The standard InChI is InChI=1S/C27H24BrF2N5O3/c1-13(2)23(34-26(37)38)25(36)35-12-14(10-31)7-22(35)24-32-11-21(33-24)15-3-5-17-18-6-4-16(28)9-20(18)27(29,30)19(17)8-15/h3-6,8-9,11,13-14,22-23,34H,7,12H2,1-2H3,(H,32,33)(H,37,38). The molecule has 1 saturated heterocycles. The van der Waals surface area contributed by atoms with E-state index in [0.717, 1.165) is 0 Å². The molecule has 2 amide bonds. The molecule has 1 aliphatic heterocycles. The molecule has 196 valence electrons. The summed E-state index contributed by atoms with van der Waals surface area (Å²) in [6.45, 7) is 3.60. The van der Waals surface area contributed by atoms with Gasteiger partial charge in [0.15, 0.2) is 0 Å². The fourth-order valence-corrected chi connectivity index (χ4v) is 5.63. The van der Waals surface area contributed by atoms with Gasteiger partial charge >= 0.3 is 6.09 Å². The van der Waals surface area contributed by atoms with Crippen LogP contribution in [0.2, 0.25) is 0 Å². The highest BCUT2D eigenvalue weighted by atomic mass is 79.9. The van der Waals surface area contributed by atoms with E-state index in [4.69, 9.17) is 0 Å². The number of H-pyrrole nitrogens is 1. The molecule has 8 nitrogen and oxygen atoms in total. The minimum Gasteiger partial charge on any atom is -0.465 e. The van der Waals surface area contributed by atoms with Crippen LogP contribution in [0.25, 0.3) is 22.4 Å². The predicted octanol–water partition coefficient (Wildman–Crippen LogP) is 5.67. The predicted molar refractivity (Wildman–Crippen MR) is 138 cm³/mol. The van der Waals surface area contributed by atoms with Gasteiger partial charge in [-0.1, -0.05) is 48.0 Å². The number of carbonyl (C=O) groups is 2. The van der Waals surface area contributed by atoms with Crippen LogP contribution in [-0.4, -0.2) is 44.6 Å². The first-order valence-electron chi connectivity index (χ1n) is 12.1. The van der Waals surface area contributed by atoms with Crippen LogP contribution in [0.15, 0.2) is 47.1 Å². The topological polar surface area (TPSA) is 122 Å². The third-order valence-electron chi connectivity index (χ3n) is 7.17. The number of nitriles is 1. The first-order chi connectivity index (χ1) is 18.0. The lowest BCUT2D eigenvalue weighted by molar-refractivity contribution is -0.135. The maximum atomic E-state index is 15.3. The lowest BCUT2D eigenvalue weighted by Gasteiger charge is -2.29. The highest BCUT2D eigenvalue weighted by molar-refractivity contribution is 9.10. The fourth-order valence-electron chi connectivity index (χ4n) is 5.27. The van der Waals surface area contributed by atoms with E-state index in [1.54, 1.807) is 38.1 Å². The molecule has 3 N–H and O–H groups in total. The number of aromatic amines is 1. The van der Waals surface area contributed by atoms with Crippen LogP contribution in [0, 0.1) is 23.2 Å². The highest BCUT2D eigenvalue weighted by Crippen LogP contribution is 2.52. The molecule has 1 aliphatic carbocycles. The van der Waals surface area contributed by atoms with Gasteiger partial charge in [-0.2, -0.15) is 14.0 Å². The number of likely N-dealkylation sites (tertiary alicyclic amines) is 1. The van der Waals surface area contributed by atoms with Gasteiger partial charge in [0.1, 0.15) is 11.9 Å². The molecule has 3 unspecified atom stereocenters. The second kappa shape index (κ2) is 9.51. The Morgan fingerprint density at radius 2 is 1.92 bits per heavy atom. The van der Waals surface area contributed by atoms with E-state index >= 15 is 8.78 Å². The summed E-state index contributed by atoms with van der Waals surface area (Å²) >= 11 is 3.27. The summed E-state index contributed by atoms with van der Waals surface area (Å²) in [6, 6.07) is 10.3. The number of hydrogen-bond acceptors (Lipinski definition) is 4. The van der Waals surface area contributed by atoms with Gasteiger partial charge in [-0.05, 0) is 41.7 Å². The zero-order valence-electron chi connectivity index (χ0n) is 20.5. The number of fused-ring (bicyclic) bond motifs is 3. The largest absolute Gasteiger partial charge is 0.465 e. The first-order valence-corrected chi connectivity index (χ1v) is 12.9. The van der Waals surface area contributed by atoms with Crippen molar-refractivity contribution in [3.8, 4) is 28.5 Å². The second-order valence-electron chi connectivity index (χ2n) is 9.95. The quantitative estimate of drug-likeness (QED) is 0.357. The van der Waals surface area contributed by atoms with Crippen molar-refractivity contribution in [2.45, 2.75) is 38.3 Å². The fraction of sp³-hybridized carbons (Fsp3) is 0.333. The lowest BCUT2D eigenvalue weighted by atomic mass is 10.0. The van der Waals surface area contributed by atoms with Gasteiger partial charge in [0.2, 0.25) is 5.91 Å². The molecule has 2 heterocycles. The van der Waals surface area contributed by atoms with Crippen molar-refractivity contribution in [1.29, 1.82) is 5.26 Å². The normalized spacial score (nSPS) is 20.1. The van der Waals surface area contributed by atoms with Crippen molar-refractivity contribution in [2.75, 3.05) is 6.54 Å². The molecule has 1 fully saturated rings. The van der Waals surface area contributed by atoms with E-state index in [2.05, 4.69) is 37.3 Å². The van der Waals surface area contributed by atoms with Gasteiger partial charge in [0.25, 0.3) is 5.92 Å². The molecular weight excluding hydrogens is 560 g/mol. The molecule has 2 aromatic carbocycles. The number of halogens is 3. The van der Waals surface area contributed by atoms with E-state index < -0.39 is 35.9 Å². The maximum Gasteiger partial charge on any atom is 0.405 e. The molecule has 1 aromatic heterocycles. The maximum absolute atomic E-state index is 15.3. The SMILES string of the molecule is CC(C)C(NC(=O)O)C(=O)N1CC(C#N)CC1c1ncc(-c2ccc3c(c2)C(F)(F)c2cc(Br)ccc2-3)[nH]1. The van der Waals surface area contributed by atoms with Crippen molar-refractivity contribution in [1.82, 2.24) is 20.2 Å². The molecule has 5 rings (SSSR count). The van der Waals surface area contributed by atoms with Crippen molar-refractivity contribution >= 4 is 27.9 Å². The number of nitrogens with one attached hydrogen (secondary N) is 2. The van der Waals surface area contributed by atoms with E-state index in [9.17, 15) is 20.0 Å². The Hall–Kier alpha value is -3.78. The number of hydrogen-bond donors (Lipinski definition) is 3. The number of rotatable bonds is 5. The Labute approximate surface area is 225 Å². The molecule has 38 heavy (non-hydrogen) atoms. The van der Waals surface area contributed by atoms with E-state index in [1.165, 1.54) is 23.2 Å². The number of carbonyl (C=O) groups excluding carboxylic acids is 1. The van der Waals surface area contributed by atoms with Gasteiger partial charge in [-0.3, -0.25) is 4.79 Å². The van der Waals surface area contributed by atoms with Crippen LogP contribution in [0.4, 0.5) is 13.6 Å². The number of aromatic nitrogens is 2. The molecule has 2 aliphatic rings. The molecule has 3 aromatic rings. The summed E-state index contributed by atoms with van der Waals surface area (Å²) < 4.78 is 31.3. The van der Waals surface area contributed by atoms with E-state index in [-0.39, 0.29) is 23.6 Å². The first kappa shape index (κ1) is 25.9. The average Bonchev–Trinajstić information content (AvgIpc) is 3.58. The van der Waals surface area contributed by atoms with Crippen LogP contribution in [0.1, 0.15) is 43.3 Å². The van der Waals surface area contributed by atoms with Crippen molar-refractivity contribution in [3.05, 3.63) is 64.0 Å². The molecule has 0 radical (unpaired) electrons. The average molecular weight is 584 g/mol. The summed E-state index contributed by atoms with van der Waals surface area (Å²) in [5.74, 6) is -3.96. The second-order valence-corrected chi connectivity index (χ2v) is 10.9. The lowest BCUT2D eigenvalue weighted by Crippen LogP contribution is -2.50. The molecule has 11 heteroatoms. The molecule has 0 bridgehead atoms. The zero-order chi connectivity index (χ0) is 27.4. The number of benzene rings is 2. The Morgan fingerprint density at radius 1 is 1.24 bits per heavy atom. The molecule has 3 atom stereocenters. The van der Waals surface area contributed by atoms with Gasteiger partial charge in [0.05, 0.1) is 29.9 Å². The van der Waals surface area contributed by atoms with Crippen LogP contribution in [0.3, 0.4) is 0 Å². The third kappa shape index (κ3) is 4.32. The molecular formula is C27H24BrF2N5O3. The number of alkyl halides is 2. The minimum atomic E-state index is -3.16. The van der Waals surface area contributed by atoms with Gasteiger partial charge in [-0.25, -0.2) is 9.78 Å². The van der Waals surface area contributed by atoms with Crippen molar-refractivity contribution in [2.24, 2.45) is 11.8 Å². The van der Waals surface area contributed by atoms with Crippen LogP contribution in [-0.2, 0) is 10.7 Å². The van der Waals surface area contributed by atoms with Crippen LogP contribution >= 0.6 is 15.9 Å². The van der Waals surface area contributed by atoms with E-state index in [0.29, 0.717) is 39.1 Å². The van der Waals surface area contributed by atoms with Crippen molar-refractivity contribution < 1.29 is 23.5 Å². The Bertz CT molecular complexity index is 1480. The monoisotopic (exact) mass is 583 g/mol. The summed E-state index contributed by atoms with van der Waals surface area (Å²) in [7, 11) is 0. The van der Waals surface area contributed by atoms with Crippen LogP contribution < -0.4 is 5.32 Å². The summed E-state index contributed by atoms with van der Waals surface area (Å²) in [4.78, 5) is 33.7.